The molecule has 0 bridgehead atoms. The summed E-state index contributed by atoms with van der Waals surface area (Å²) in [5.41, 5.74) is 3.68. The molecule has 1 aromatic carbocycles. The van der Waals surface area contributed by atoms with Crippen molar-refractivity contribution < 1.29 is 14.3 Å². The lowest BCUT2D eigenvalue weighted by Crippen LogP contribution is -2.30. The third kappa shape index (κ3) is 3.95. The zero-order chi connectivity index (χ0) is 21.3. The zero-order valence-electron chi connectivity index (χ0n) is 17.4. The summed E-state index contributed by atoms with van der Waals surface area (Å²) in [7, 11) is 1.38. The number of methoxy groups -OCH3 is 1. The fourth-order valence-electron chi connectivity index (χ4n) is 3.91. The molecule has 0 fully saturated rings. The number of hydrogen-bond acceptors (Lipinski definition) is 6. The van der Waals surface area contributed by atoms with E-state index in [1.807, 2.05) is 25.1 Å². The molecule has 0 saturated carbocycles. The number of fused-ring (bicyclic) bond motifs is 2. The summed E-state index contributed by atoms with van der Waals surface area (Å²) < 4.78 is 5.03. The van der Waals surface area contributed by atoms with Crippen molar-refractivity contribution in [3.8, 4) is 0 Å². The van der Waals surface area contributed by atoms with Gasteiger partial charge in [0.2, 0.25) is 0 Å². The maximum atomic E-state index is 13.0. The summed E-state index contributed by atoms with van der Waals surface area (Å²) >= 11 is 1.47. The minimum atomic E-state index is -0.400. The van der Waals surface area contributed by atoms with Crippen molar-refractivity contribution in [2.45, 2.75) is 33.2 Å². The number of rotatable bonds is 5. The number of ether oxygens (including phenoxy) is 1. The van der Waals surface area contributed by atoms with Crippen molar-refractivity contribution >= 4 is 39.1 Å². The normalized spacial score (nSPS) is 13.8. The summed E-state index contributed by atoms with van der Waals surface area (Å²) in [6, 6.07) is 9.39. The summed E-state index contributed by atoms with van der Waals surface area (Å²) in [4.78, 5) is 33.5. The van der Waals surface area contributed by atoms with Gasteiger partial charge in [0, 0.05) is 34.6 Å². The highest BCUT2D eigenvalue weighted by Gasteiger charge is 2.29. The van der Waals surface area contributed by atoms with E-state index in [4.69, 9.17) is 4.74 Å². The number of nitrogens with one attached hydrogen (secondary N) is 1. The number of amides is 1. The highest BCUT2D eigenvalue weighted by molar-refractivity contribution is 7.17. The van der Waals surface area contributed by atoms with E-state index in [1.54, 1.807) is 12.1 Å². The Morgan fingerprint density at radius 2 is 2.07 bits per heavy atom. The van der Waals surface area contributed by atoms with Crippen LogP contribution in [0.3, 0.4) is 0 Å². The van der Waals surface area contributed by atoms with Crippen LogP contribution >= 0.6 is 11.3 Å². The van der Waals surface area contributed by atoms with Gasteiger partial charge in [0.25, 0.3) is 5.91 Å². The van der Waals surface area contributed by atoms with Crippen LogP contribution in [0.5, 0.6) is 0 Å². The van der Waals surface area contributed by atoms with Crippen LogP contribution in [0.4, 0.5) is 5.00 Å². The Bertz CT molecular complexity index is 1120. The van der Waals surface area contributed by atoms with Gasteiger partial charge in [0.1, 0.15) is 5.00 Å². The van der Waals surface area contributed by atoms with E-state index in [1.165, 1.54) is 18.4 Å². The van der Waals surface area contributed by atoms with E-state index in [-0.39, 0.29) is 5.91 Å². The standard InChI is InChI=1S/C23H25N3O3S/c1-4-10-26-11-9-17-19(13-26)30-22(20(17)23(28)29-3)25-21(27)16-8-7-15-6-5-14(2)24-18(15)12-16/h5-8,12H,4,9-11,13H2,1-3H3,(H,25,27). The third-order valence-electron chi connectivity index (χ3n) is 5.39. The Balaban J connectivity index is 1.65. The number of esters is 1. The Morgan fingerprint density at radius 1 is 1.27 bits per heavy atom. The molecule has 156 valence electrons. The van der Waals surface area contributed by atoms with E-state index in [9.17, 15) is 9.59 Å². The molecule has 30 heavy (non-hydrogen) atoms. The van der Waals surface area contributed by atoms with E-state index in [0.29, 0.717) is 16.1 Å². The van der Waals surface area contributed by atoms with E-state index >= 15 is 0 Å². The molecule has 6 nitrogen and oxygen atoms in total. The molecule has 1 amide bonds. The van der Waals surface area contributed by atoms with Gasteiger partial charge in [-0.15, -0.1) is 11.3 Å². The second-order valence-corrected chi connectivity index (χ2v) is 8.65. The smallest absolute Gasteiger partial charge is 0.341 e. The quantitative estimate of drug-likeness (QED) is 0.616. The first kappa shape index (κ1) is 20.5. The number of anilines is 1. The van der Waals surface area contributed by atoms with Gasteiger partial charge in [0.05, 0.1) is 18.2 Å². The molecular formula is C23H25N3O3S. The molecule has 0 saturated heterocycles. The maximum absolute atomic E-state index is 13.0. The van der Waals surface area contributed by atoms with Crippen LogP contribution in [0.2, 0.25) is 0 Å². The Labute approximate surface area is 179 Å². The number of carbonyl (C=O) groups is 2. The first-order chi connectivity index (χ1) is 14.5. The lowest BCUT2D eigenvalue weighted by atomic mass is 10.0. The summed E-state index contributed by atoms with van der Waals surface area (Å²) in [5, 5.41) is 4.50. The lowest BCUT2D eigenvalue weighted by molar-refractivity contribution is 0.0600. The maximum Gasteiger partial charge on any atom is 0.341 e. The van der Waals surface area contributed by atoms with Gasteiger partial charge in [-0.25, -0.2) is 4.79 Å². The van der Waals surface area contributed by atoms with Crippen LogP contribution < -0.4 is 5.32 Å². The number of nitrogens with zero attached hydrogens (tertiary/aromatic N) is 2. The Hall–Kier alpha value is -2.77. The SMILES string of the molecule is CCCN1CCc2c(sc(NC(=O)c3ccc4ccc(C)nc4c3)c2C(=O)OC)C1. The average molecular weight is 424 g/mol. The van der Waals surface area contributed by atoms with Gasteiger partial charge in [0.15, 0.2) is 0 Å². The number of hydrogen-bond donors (Lipinski definition) is 1. The topological polar surface area (TPSA) is 71.5 Å². The molecule has 0 spiro atoms. The fourth-order valence-corrected chi connectivity index (χ4v) is 5.18. The van der Waals surface area contributed by atoms with Crippen LogP contribution in [0.1, 0.15) is 50.2 Å². The molecule has 1 aliphatic rings. The number of benzene rings is 1. The minimum Gasteiger partial charge on any atom is -0.465 e. The molecular weight excluding hydrogens is 398 g/mol. The first-order valence-electron chi connectivity index (χ1n) is 10.1. The number of pyridine rings is 1. The zero-order valence-corrected chi connectivity index (χ0v) is 18.3. The number of carbonyl (C=O) groups excluding carboxylic acids is 2. The molecule has 0 radical (unpaired) electrons. The Kier molecular flexibility index (Phi) is 5.83. The molecule has 7 heteroatoms. The van der Waals surface area contributed by atoms with E-state index in [2.05, 4.69) is 22.1 Å². The molecule has 2 aromatic heterocycles. The van der Waals surface area contributed by atoms with Gasteiger partial charge >= 0.3 is 5.97 Å². The van der Waals surface area contributed by atoms with Crippen LogP contribution in [0, 0.1) is 6.92 Å². The fraction of sp³-hybridized carbons (Fsp3) is 0.348. The van der Waals surface area contributed by atoms with E-state index in [0.717, 1.165) is 59.5 Å². The summed E-state index contributed by atoms with van der Waals surface area (Å²) in [6.45, 7) is 6.82. The summed E-state index contributed by atoms with van der Waals surface area (Å²) in [6.07, 6.45) is 1.87. The van der Waals surface area contributed by atoms with Gasteiger partial charge in [-0.2, -0.15) is 0 Å². The van der Waals surface area contributed by atoms with Crippen LogP contribution in [-0.2, 0) is 17.7 Å². The highest BCUT2D eigenvalue weighted by atomic mass is 32.1. The van der Waals surface area contributed by atoms with Crippen molar-refractivity contribution in [3.63, 3.8) is 0 Å². The van der Waals surface area contributed by atoms with E-state index < -0.39 is 5.97 Å². The highest BCUT2D eigenvalue weighted by Crippen LogP contribution is 2.38. The van der Waals surface area contributed by atoms with Crippen LogP contribution in [0.25, 0.3) is 10.9 Å². The lowest BCUT2D eigenvalue weighted by Gasteiger charge is -2.26. The van der Waals surface area contributed by atoms with Crippen molar-refractivity contribution in [2.75, 3.05) is 25.5 Å². The molecule has 0 atom stereocenters. The van der Waals surface area contributed by atoms with Crippen molar-refractivity contribution in [1.82, 2.24) is 9.88 Å². The van der Waals surface area contributed by atoms with Crippen molar-refractivity contribution in [2.24, 2.45) is 0 Å². The van der Waals surface area contributed by atoms with Gasteiger partial charge in [-0.05, 0) is 50.1 Å². The predicted octanol–water partition coefficient (Wildman–Crippen LogP) is 4.41. The number of thiophene rings is 1. The Morgan fingerprint density at radius 3 is 2.83 bits per heavy atom. The summed E-state index contributed by atoms with van der Waals surface area (Å²) in [5.74, 6) is -0.656. The molecule has 1 aliphatic heterocycles. The van der Waals surface area contributed by atoms with Crippen molar-refractivity contribution in [3.05, 3.63) is 57.6 Å². The average Bonchev–Trinajstić information content (AvgIpc) is 3.09. The molecule has 1 N–H and O–H groups in total. The van der Waals surface area contributed by atoms with Crippen LogP contribution in [-0.4, -0.2) is 42.0 Å². The van der Waals surface area contributed by atoms with Gasteiger partial charge in [-0.3, -0.25) is 14.7 Å². The molecule has 3 aromatic rings. The second-order valence-electron chi connectivity index (χ2n) is 7.54. The van der Waals surface area contributed by atoms with Gasteiger partial charge < -0.3 is 10.1 Å². The monoisotopic (exact) mass is 423 g/mol. The molecule has 0 unspecified atom stereocenters. The predicted molar refractivity (Wildman–Crippen MR) is 119 cm³/mol. The van der Waals surface area contributed by atoms with Crippen molar-refractivity contribution in [1.29, 1.82) is 0 Å². The largest absolute Gasteiger partial charge is 0.465 e. The molecule has 3 heterocycles. The van der Waals surface area contributed by atoms with Crippen LogP contribution in [0.15, 0.2) is 30.3 Å². The minimum absolute atomic E-state index is 0.255. The second kappa shape index (κ2) is 8.53. The third-order valence-corrected chi connectivity index (χ3v) is 6.52. The molecule has 4 rings (SSSR count). The number of aryl methyl sites for hydroxylation is 1. The number of aromatic nitrogens is 1. The van der Waals surface area contributed by atoms with Gasteiger partial charge in [-0.1, -0.05) is 19.1 Å². The molecule has 0 aliphatic carbocycles. The first-order valence-corrected chi connectivity index (χ1v) is 11.0.